The van der Waals surface area contributed by atoms with Crippen LogP contribution in [0.1, 0.15) is 0 Å². The van der Waals surface area contributed by atoms with Crippen molar-refractivity contribution in [2.75, 3.05) is 4.90 Å². The van der Waals surface area contributed by atoms with Crippen LogP contribution in [0, 0.1) is 0 Å². The number of thiophene rings is 1. The Morgan fingerprint density at radius 1 is 0.308 bits per heavy atom. The molecular formula is C50H33NS. The van der Waals surface area contributed by atoms with Gasteiger partial charge in [-0.25, -0.2) is 0 Å². The Labute approximate surface area is 307 Å². The summed E-state index contributed by atoms with van der Waals surface area (Å²) in [4.78, 5) is 2.45. The summed E-state index contributed by atoms with van der Waals surface area (Å²) in [6, 6.07) is 72.9. The van der Waals surface area contributed by atoms with Crippen LogP contribution in [0.5, 0.6) is 0 Å². The van der Waals surface area contributed by atoms with Gasteiger partial charge in [-0.05, 0) is 74.1 Å². The van der Waals surface area contributed by atoms with Crippen molar-refractivity contribution in [1.82, 2.24) is 0 Å². The van der Waals surface area contributed by atoms with E-state index in [0.29, 0.717) is 0 Å². The third kappa shape index (κ3) is 5.07. The predicted molar refractivity (Wildman–Crippen MR) is 225 cm³/mol. The van der Waals surface area contributed by atoms with Crippen LogP contribution >= 0.6 is 11.3 Å². The summed E-state index contributed by atoms with van der Waals surface area (Å²) in [5, 5.41) is 7.68. The van der Waals surface area contributed by atoms with Crippen molar-refractivity contribution >= 4 is 70.1 Å². The van der Waals surface area contributed by atoms with Crippen molar-refractivity contribution in [2.45, 2.75) is 0 Å². The summed E-state index contributed by atoms with van der Waals surface area (Å²) in [5.41, 5.74) is 10.6. The molecule has 0 atom stereocenters. The summed E-state index contributed by atoms with van der Waals surface area (Å²) >= 11 is 1.88. The second-order valence-corrected chi connectivity index (χ2v) is 14.3. The molecule has 9 aromatic carbocycles. The highest BCUT2D eigenvalue weighted by atomic mass is 32.1. The Balaban J connectivity index is 1.18. The SMILES string of the molecule is c1ccc(-c2ccccc2N(c2ccc(-c3cccc4c3sc3ccccc34)cc2)c2ccccc2-c2cccc3c2ccc2ccccc23)cc1. The molecule has 0 spiro atoms. The lowest BCUT2D eigenvalue weighted by atomic mass is 9.93. The summed E-state index contributed by atoms with van der Waals surface area (Å²) in [6.45, 7) is 0. The van der Waals surface area contributed by atoms with Gasteiger partial charge >= 0.3 is 0 Å². The van der Waals surface area contributed by atoms with E-state index in [2.05, 4.69) is 205 Å². The number of para-hydroxylation sites is 2. The van der Waals surface area contributed by atoms with Crippen LogP contribution in [0.3, 0.4) is 0 Å². The van der Waals surface area contributed by atoms with Crippen molar-refractivity contribution < 1.29 is 0 Å². The van der Waals surface area contributed by atoms with E-state index in [1.807, 2.05) is 11.3 Å². The number of hydrogen-bond donors (Lipinski definition) is 0. The molecule has 0 amide bonds. The molecule has 2 heteroatoms. The molecule has 0 N–H and O–H groups in total. The van der Waals surface area contributed by atoms with Crippen molar-refractivity contribution in [2.24, 2.45) is 0 Å². The fraction of sp³-hybridized carbons (Fsp3) is 0. The summed E-state index contributed by atoms with van der Waals surface area (Å²) in [7, 11) is 0. The molecule has 52 heavy (non-hydrogen) atoms. The maximum atomic E-state index is 2.45. The molecule has 0 unspecified atom stereocenters. The van der Waals surface area contributed by atoms with E-state index in [1.54, 1.807) is 0 Å². The number of benzene rings is 9. The van der Waals surface area contributed by atoms with Gasteiger partial charge in [-0.15, -0.1) is 11.3 Å². The highest BCUT2D eigenvalue weighted by Gasteiger charge is 2.21. The van der Waals surface area contributed by atoms with Gasteiger partial charge in [0.1, 0.15) is 0 Å². The van der Waals surface area contributed by atoms with Gasteiger partial charge in [0.05, 0.1) is 11.4 Å². The number of nitrogens with zero attached hydrogens (tertiary/aromatic N) is 1. The average Bonchev–Trinajstić information content (AvgIpc) is 3.61. The molecule has 1 heterocycles. The number of rotatable bonds is 6. The van der Waals surface area contributed by atoms with Gasteiger partial charge in [0.2, 0.25) is 0 Å². The van der Waals surface area contributed by atoms with Crippen LogP contribution in [0.15, 0.2) is 200 Å². The van der Waals surface area contributed by atoms with E-state index in [0.717, 1.165) is 17.1 Å². The molecule has 0 aliphatic heterocycles. The first-order valence-corrected chi connectivity index (χ1v) is 18.6. The Kier molecular flexibility index (Phi) is 7.41. The summed E-state index contributed by atoms with van der Waals surface area (Å²) in [6.07, 6.45) is 0. The van der Waals surface area contributed by atoms with Crippen LogP contribution in [-0.4, -0.2) is 0 Å². The Morgan fingerprint density at radius 3 is 1.71 bits per heavy atom. The lowest BCUT2D eigenvalue weighted by molar-refractivity contribution is 1.28. The average molecular weight is 680 g/mol. The molecule has 0 aliphatic carbocycles. The van der Waals surface area contributed by atoms with Gasteiger partial charge in [-0.1, -0.05) is 170 Å². The fourth-order valence-corrected chi connectivity index (χ4v) is 9.11. The molecular weight excluding hydrogens is 647 g/mol. The van der Waals surface area contributed by atoms with E-state index < -0.39 is 0 Å². The second kappa shape index (κ2) is 12.7. The minimum absolute atomic E-state index is 1.11. The van der Waals surface area contributed by atoms with E-state index in [4.69, 9.17) is 0 Å². The normalized spacial score (nSPS) is 11.5. The molecule has 0 bridgehead atoms. The molecule has 244 valence electrons. The van der Waals surface area contributed by atoms with Crippen LogP contribution < -0.4 is 4.90 Å². The monoisotopic (exact) mass is 679 g/mol. The van der Waals surface area contributed by atoms with Crippen LogP contribution in [0.25, 0.3) is 75.1 Å². The molecule has 10 rings (SSSR count). The first-order valence-electron chi connectivity index (χ1n) is 17.8. The van der Waals surface area contributed by atoms with Gasteiger partial charge in [-0.2, -0.15) is 0 Å². The van der Waals surface area contributed by atoms with Gasteiger partial charge in [0, 0.05) is 37.0 Å². The zero-order valence-electron chi connectivity index (χ0n) is 28.4. The summed E-state index contributed by atoms with van der Waals surface area (Å²) < 4.78 is 2.65. The maximum Gasteiger partial charge on any atom is 0.0540 e. The minimum atomic E-state index is 1.11. The molecule has 10 aromatic rings. The van der Waals surface area contributed by atoms with Gasteiger partial charge in [0.25, 0.3) is 0 Å². The quantitative estimate of drug-likeness (QED) is 0.158. The van der Waals surface area contributed by atoms with E-state index in [1.165, 1.54) is 75.1 Å². The standard InChI is InChI=1S/C50H33NS/c1-2-14-34(15-3-1)39-18-6-9-25-47(39)51(37-31-28-36(29-32-37)40-21-12-24-46-45-20-8-11-27-49(45)52-50(40)46)48-26-10-7-19-44(48)42-23-13-22-41-38-17-5-4-16-35(38)30-33-43(41)42/h1-33H. The van der Waals surface area contributed by atoms with Crippen molar-refractivity contribution in [1.29, 1.82) is 0 Å². The molecule has 0 aliphatic rings. The third-order valence-corrected chi connectivity index (χ3v) is 11.5. The Hall–Kier alpha value is -6.48. The fourth-order valence-electron chi connectivity index (χ4n) is 7.87. The number of hydrogen-bond acceptors (Lipinski definition) is 2. The van der Waals surface area contributed by atoms with E-state index >= 15 is 0 Å². The maximum absolute atomic E-state index is 2.45. The molecule has 1 nitrogen and oxygen atoms in total. The third-order valence-electron chi connectivity index (χ3n) is 10.3. The van der Waals surface area contributed by atoms with Crippen molar-refractivity contribution in [3.8, 4) is 33.4 Å². The Bertz CT molecular complexity index is 2900. The molecule has 1 aromatic heterocycles. The lowest BCUT2D eigenvalue weighted by Gasteiger charge is -2.30. The van der Waals surface area contributed by atoms with Crippen LogP contribution in [-0.2, 0) is 0 Å². The largest absolute Gasteiger partial charge is 0.309 e. The van der Waals surface area contributed by atoms with Gasteiger partial charge < -0.3 is 4.90 Å². The predicted octanol–water partition coefficient (Wildman–Crippen LogP) is 14.8. The highest BCUT2D eigenvalue weighted by molar-refractivity contribution is 7.26. The lowest BCUT2D eigenvalue weighted by Crippen LogP contribution is -2.12. The second-order valence-electron chi connectivity index (χ2n) is 13.3. The van der Waals surface area contributed by atoms with Crippen LogP contribution in [0.4, 0.5) is 17.1 Å². The first-order chi connectivity index (χ1) is 25.8. The van der Waals surface area contributed by atoms with Crippen LogP contribution in [0.2, 0.25) is 0 Å². The van der Waals surface area contributed by atoms with E-state index in [9.17, 15) is 0 Å². The van der Waals surface area contributed by atoms with E-state index in [-0.39, 0.29) is 0 Å². The topological polar surface area (TPSA) is 3.24 Å². The molecule has 0 radical (unpaired) electrons. The smallest absolute Gasteiger partial charge is 0.0540 e. The zero-order chi connectivity index (χ0) is 34.4. The van der Waals surface area contributed by atoms with Gasteiger partial charge in [-0.3, -0.25) is 0 Å². The highest BCUT2D eigenvalue weighted by Crippen LogP contribution is 2.47. The zero-order valence-corrected chi connectivity index (χ0v) is 29.2. The Morgan fingerprint density at radius 2 is 0.885 bits per heavy atom. The number of fused-ring (bicyclic) bond motifs is 6. The van der Waals surface area contributed by atoms with Crippen molar-refractivity contribution in [3.05, 3.63) is 200 Å². The molecule has 0 saturated heterocycles. The molecule has 0 fully saturated rings. The number of anilines is 3. The summed E-state index contributed by atoms with van der Waals surface area (Å²) in [5.74, 6) is 0. The molecule has 0 saturated carbocycles. The first kappa shape index (κ1) is 30.4. The minimum Gasteiger partial charge on any atom is -0.309 e. The van der Waals surface area contributed by atoms with Crippen molar-refractivity contribution in [3.63, 3.8) is 0 Å². The van der Waals surface area contributed by atoms with Gasteiger partial charge in [0.15, 0.2) is 0 Å².